The second-order valence-corrected chi connectivity index (χ2v) is 6.70. The molecule has 0 radical (unpaired) electrons. The van der Waals surface area contributed by atoms with Crippen molar-refractivity contribution in [2.24, 2.45) is 0 Å². The Hall–Kier alpha value is -2.25. The second-order valence-electron chi connectivity index (χ2n) is 5.32. The van der Waals surface area contributed by atoms with Crippen LogP contribution in [0.1, 0.15) is 12.5 Å². The number of aromatic nitrogens is 3. The molecule has 130 valence electrons. The molecular formula is C17H17ClN4O2S. The summed E-state index contributed by atoms with van der Waals surface area (Å²) < 4.78 is 7.30. The Balaban J connectivity index is 1.67. The number of rotatable bonds is 6. The van der Waals surface area contributed by atoms with E-state index in [9.17, 15) is 4.79 Å². The van der Waals surface area contributed by atoms with Crippen LogP contribution in [0.5, 0.6) is 0 Å². The number of carbonyl (C=O) groups excluding carboxylic acids is 1. The lowest BCUT2D eigenvalue weighted by molar-refractivity contribution is -0.113. The maximum absolute atomic E-state index is 12.2. The van der Waals surface area contributed by atoms with Crippen molar-refractivity contribution in [2.75, 3.05) is 11.1 Å². The summed E-state index contributed by atoms with van der Waals surface area (Å²) >= 11 is 7.31. The van der Waals surface area contributed by atoms with Crippen LogP contribution < -0.4 is 5.32 Å². The molecule has 0 aliphatic rings. The van der Waals surface area contributed by atoms with E-state index in [0.717, 1.165) is 5.56 Å². The van der Waals surface area contributed by atoms with E-state index >= 15 is 0 Å². The van der Waals surface area contributed by atoms with Gasteiger partial charge < -0.3 is 9.73 Å². The van der Waals surface area contributed by atoms with Gasteiger partial charge in [-0.3, -0.25) is 9.36 Å². The average Bonchev–Trinajstić information content (AvgIpc) is 3.24. The zero-order valence-electron chi connectivity index (χ0n) is 13.8. The van der Waals surface area contributed by atoms with Crippen molar-refractivity contribution >= 4 is 35.0 Å². The summed E-state index contributed by atoms with van der Waals surface area (Å²) in [4.78, 5) is 12.2. The summed E-state index contributed by atoms with van der Waals surface area (Å²) in [5, 5.41) is 12.5. The van der Waals surface area contributed by atoms with Crippen molar-refractivity contribution in [3.05, 3.63) is 47.2 Å². The highest BCUT2D eigenvalue weighted by Crippen LogP contribution is 2.25. The minimum absolute atomic E-state index is 0.124. The molecule has 0 aliphatic heterocycles. The van der Waals surface area contributed by atoms with Crippen molar-refractivity contribution < 1.29 is 9.21 Å². The van der Waals surface area contributed by atoms with Gasteiger partial charge in [-0.25, -0.2) is 0 Å². The number of hydrogen-bond acceptors (Lipinski definition) is 5. The van der Waals surface area contributed by atoms with E-state index in [1.807, 2.05) is 30.5 Å². The van der Waals surface area contributed by atoms with E-state index in [1.165, 1.54) is 11.8 Å². The van der Waals surface area contributed by atoms with Crippen LogP contribution in [0.3, 0.4) is 0 Å². The van der Waals surface area contributed by atoms with Gasteiger partial charge in [-0.05, 0) is 43.7 Å². The van der Waals surface area contributed by atoms with Gasteiger partial charge in [0.15, 0.2) is 16.7 Å². The van der Waals surface area contributed by atoms with Crippen molar-refractivity contribution in [3.8, 4) is 11.6 Å². The zero-order valence-corrected chi connectivity index (χ0v) is 15.4. The van der Waals surface area contributed by atoms with Gasteiger partial charge in [0.2, 0.25) is 5.91 Å². The van der Waals surface area contributed by atoms with Gasteiger partial charge in [0, 0.05) is 17.3 Å². The fourth-order valence-corrected chi connectivity index (χ4v) is 3.29. The highest BCUT2D eigenvalue weighted by atomic mass is 35.5. The van der Waals surface area contributed by atoms with Crippen LogP contribution in [0, 0.1) is 6.92 Å². The number of amides is 1. The van der Waals surface area contributed by atoms with E-state index in [2.05, 4.69) is 15.5 Å². The van der Waals surface area contributed by atoms with Gasteiger partial charge in [-0.2, -0.15) is 0 Å². The fraction of sp³-hybridized carbons (Fsp3) is 0.235. The molecule has 1 amide bonds. The molecule has 0 fully saturated rings. The number of aryl methyl sites for hydroxylation is 1. The highest BCUT2D eigenvalue weighted by Gasteiger charge is 2.16. The summed E-state index contributed by atoms with van der Waals surface area (Å²) in [6.45, 7) is 4.60. The van der Waals surface area contributed by atoms with Crippen LogP contribution in [-0.2, 0) is 11.3 Å². The summed E-state index contributed by atoms with van der Waals surface area (Å²) in [6, 6.07) is 9.04. The van der Waals surface area contributed by atoms with Crippen molar-refractivity contribution in [1.82, 2.24) is 14.8 Å². The number of thioether (sulfide) groups is 1. The van der Waals surface area contributed by atoms with Crippen LogP contribution in [-0.4, -0.2) is 26.4 Å². The topological polar surface area (TPSA) is 73.0 Å². The third-order valence-corrected chi connectivity index (χ3v) is 4.78. The Morgan fingerprint density at radius 3 is 2.92 bits per heavy atom. The van der Waals surface area contributed by atoms with Crippen LogP contribution in [0.15, 0.2) is 46.2 Å². The lowest BCUT2D eigenvalue weighted by Crippen LogP contribution is -2.15. The van der Waals surface area contributed by atoms with Crippen molar-refractivity contribution in [2.45, 2.75) is 25.5 Å². The van der Waals surface area contributed by atoms with Crippen LogP contribution in [0.25, 0.3) is 11.6 Å². The molecule has 1 aromatic carbocycles. The molecule has 8 heteroatoms. The number of nitrogens with one attached hydrogen (secondary N) is 1. The average molecular weight is 377 g/mol. The Labute approximate surface area is 154 Å². The Morgan fingerprint density at radius 1 is 1.36 bits per heavy atom. The quantitative estimate of drug-likeness (QED) is 0.651. The summed E-state index contributed by atoms with van der Waals surface area (Å²) in [7, 11) is 0. The van der Waals surface area contributed by atoms with Crippen LogP contribution in [0.2, 0.25) is 5.02 Å². The molecule has 2 aromatic heterocycles. The van der Waals surface area contributed by atoms with Crippen LogP contribution in [0.4, 0.5) is 5.69 Å². The largest absolute Gasteiger partial charge is 0.461 e. The first-order chi connectivity index (χ1) is 12.1. The van der Waals surface area contributed by atoms with Crippen LogP contribution >= 0.6 is 23.4 Å². The fourth-order valence-electron chi connectivity index (χ4n) is 2.31. The minimum Gasteiger partial charge on any atom is -0.461 e. The van der Waals surface area contributed by atoms with Gasteiger partial charge >= 0.3 is 0 Å². The maximum Gasteiger partial charge on any atom is 0.234 e. The molecule has 0 atom stereocenters. The first-order valence-electron chi connectivity index (χ1n) is 7.74. The van der Waals surface area contributed by atoms with E-state index in [0.29, 0.717) is 34.0 Å². The molecule has 0 unspecified atom stereocenters. The molecule has 1 N–H and O–H groups in total. The predicted molar refractivity (Wildman–Crippen MR) is 98.9 cm³/mol. The molecule has 25 heavy (non-hydrogen) atoms. The number of furan rings is 1. The van der Waals surface area contributed by atoms with Crippen molar-refractivity contribution in [3.63, 3.8) is 0 Å². The van der Waals surface area contributed by atoms with Gasteiger partial charge in [0.25, 0.3) is 0 Å². The first-order valence-corrected chi connectivity index (χ1v) is 9.10. The smallest absolute Gasteiger partial charge is 0.234 e. The molecule has 3 rings (SSSR count). The first kappa shape index (κ1) is 17.6. The zero-order chi connectivity index (χ0) is 17.8. The molecule has 0 saturated carbocycles. The second kappa shape index (κ2) is 7.76. The number of halogens is 1. The van der Waals surface area contributed by atoms with E-state index in [4.69, 9.17) is 16.0 Å². The standard InChI is InChI=1S/C17H17ClN4O2S/c1-3-22-16(14-5-4-8-24-14)20-21-17(22)25-10-15(23)19-13-9-12(18)7-6-11(13)2/h4-9H,3,10H2,1-2H3,(H,19,23). The number of benzene rings is 1. The molecule has 0 bridgehead atoms. The van der Waals surface area contributed by atoms with Gasteiger partial charge in [0.05, 0.1) is 12.0 Å². The molecule has 0 spiro atoms. The van der Waals surface area contributed by atoms with Crippen molar-refractivity contribution in [1.29, 1.82) is 0 Å². The summed E-state index contributed by atoms with van der Waals surface area (Å²) in [5.41, 5.74) is 1.67. The van der Waals surface area contributed by atoms with E-state index < -0.39 is 0 Å². The Morgan fingerprint density at radius 2 is 2.20 bits per heavy atom. The molecule has 0 saturated heterocycles. The lowest BCUT2D eigenvalue weighted by Gasteiger charge is -2.09. The molecule has 6 nitrogen and oxygen atoms in total. The highest BCUT2D eigenvalue weighted by molar-refractivity contribution is 7.99. The van der Waals surface area contributed by atoms with Gasteiger partial charge in [-0.1, -0.05) is 29.4 Å². The summed E-state index contributed by atoms with van der Waals surface area (Å²) in [6.07, 6.45) is 1.59. The number of anilines is 1. The molecule has 0 aliphatic carbocycles. The molecular weight excluding hydrogens is 360 g/mol. The number of carbonyl (C=O) groups is 1. The van der Waals surface area contributed by atoms with E-state index in [1.54, 1.807) is 24.5 Å². The SMILES string of the molecule is CCn1c(SCC(=O)Nc2cc(Cl)ccc2C)nnc1-c1ccco1. The van der Waals surface area contributed by atoms with Gasteiger partial charge in [-0.15, -0.1) is 10.2 Å². The minimum atomic E-state index is -0.124. The Kier molecular flexibility index (Phi) is 5.45. The number of nitrogens with zero attached hydrogens (tertiary/aromatic N) is 3. The molecule has 2 heterocycles. The molecule has 3 aromatic rings. The summed E-state index contributed by atoms with van der Waals surface area (Å²) in [5.74, 6) is 1.41. The van der Waals surface area contributed by atoms with E-state index in [-0.39, 0.29) is 11.7 Å². The monoisotopic (exact) mass is 376 g/mol. The maximum atomic E-state index is 12.2. The normalized spacial score (nSPS) is 10.8. The Bertz CT molecular complexity index is 877. The lowest BCUT2D eigenvalue weighted by atomic mass is 10.2. The third-order valence-electron chi connectivity index (χ3n) is 3.58. The number of hydrogen-bond donors (Lipinski definition) is 1. The van der Waals surface area contributed by atoms with Gasteiger partial charge in [0.1, 0.15) is 0 Å². The predicted octanol–water partition coefficient (Wildman–Crippen LogP) is 4.25. The third kappa shape index (κ3) is 4.05.